The van der Waals surface area contributed by atoms with Crippen LogP contribution in [0.3, 0.4) is 0 Å². The van der Waals surface area contributed by atoms with Crippen LogP contribution in [0, 0.1) is 6.92 Å². The number of hydrogen-bond acceptors (Lipinski definition) is 3. The molecule has 1 N–H and O–H groups in total. The maximum Gasteiger partial charge on any atom is 0.143 e. The summed E-state index contributed by atoms with van der Waals surface area (Å²) < 4.78 is 11.1. The Bertz CT molecular complexity index is 436. The molecule has 4 heteroatoms. The fourth-order valence-electron chi connectivity index (χ4n) is 2.46. The first kappa shape index (κ1) is 14.5. The van der Waals surface area contributed by atoms with Gasteiger partial charge in [0.25, 0.3) is 0 Å². The van der Waals surface area contributed by atoms with E-state index >= 15 is 0 Å². The van der Waals surface area contributed by atoms with E-state index < -0.39 is 0 Å². The highest BCUT2D eigenvalue weighted by Crippen LogP contribution is 2.32. The molecule has 0 bridgehead atoms. The lowest BCUT2D eigenvalue weighted by molar-refractivity contribution is 0.00923. The van der Waals surface area contributed by atoms with E-state index in [1.807, 2.05) is 13.0 Å². The zero-order valence-electron chi connectivity index (χ0n) is 11.8. The van der Waals surface area contributed by atoms with E-state index in [-0.39, 0.29) is 0 Å². The Balaban J connectivity index is 2.11. The molecule has 0 saturated carbocycles. The Hall–Kier alpha value is -0.930. The van der Waals surface area contributed by atoms with Gasteiger partial charge in [-0.1, -0.05) is 18.5 Å². The van der Waals surface area contributed by atoms with Gasteiger partial charge in [-0.2, -0.15) is 0 Å². The topological polar surface area (TPSA) is 30.5 Å². The molecule has 0 radical (unpaired) electrons. The maximum absolute atomic E-state index is 6.13. The molecule has 0 aliphatic carbocycles. The van der Waals surface area contributed by atoms with Crippen molar-refractivity contribution in [3.05, 3.63) is 22.7 Å². The highest BCUT2D eigenvalue weighted by molar-refractivity contribution is 6.31. The van der Waals surface area contributed by atoms with Crippen molar-refractivity contribution in [1.82, 2.24) is 0 Å². The second-order valence-corrected chi connectivity index (χ2v) is 5.48. The number of ether oxygens (including phenoxy) is 2. The van der Waals surface area contributed by atoms with Crippen LogP contribution < -0.4 is 10.1 Å². The summed E-state index contributed by atoms with van der Waals surface area (Å²) in [7, 11) is 1.67. The van der Waals surface area contributed by atoms with Crippen LogP contribution in [0.5, 0.6) is 5.75 Å². The van der Waals surface area contributed by atoms with Crippen LogP contribution in [0.1, 0.15) is 31.7 Å². The van der Waals surface area contributed by atoms with Gasteiger partial charge in [0, 0.05) is 23.7 Å². The maximum atomic E-state index is 6.13. The summed E-state index contributed by atoms with van der Waals surface area (Å²) in [5.41, 5.74) is 2.08. The lowest BCUT2D eigenvalue weighted by atomic mass is 10.0. The molecular formula is C15H22ClNO2. The molecule has 1 fully saturated rings. The van der Waals surface area contributed by atoms with Gasteiger partial charge in [0.2, 0.25) is 0 Å². The quantitative estimate of drug-likeness (QED) is 0.905. The monoisotopic (exact) mass is 283 g/mol. The Kier molecular flexibility index (Phi) is 4.94. The van der Waals surface area contributed by atoms with Gasteiger partial charge in [-0.05, 0) is 37.8 Å². The fourth-order valence-corrected chi connectivity index (χ4v) is 2.61. The van der Waals surface area contributed by atoms with Gasteiger partial charge in [-0.25, -0.2) is 0 Å². The molecule has 0 amide bonds. The number of nitrogens with one attached hydrogen (secondary N) is 1. The minimum atomic E-state index is 0.366. The van der Waals surface area contributed by atoms with Crippen molar-refractivity contribution in [1.29, 1.82) is 0 Å². The molecule has 3 nitrogen and oxygen atoms in total. The van der Waals surface area contributed by atoms with E-state index in [9.17, 15) is 0 Å². The lowest BCUT2D eigenvalue weighted by Crippen LogP contribution is -2.33. The second-order valence-electron chi connectivity index (χ2n) is 5.07. The molecule has 1 heterocycles. The van der Waals surface area contributed by atoms with Gasteiger partial charge < -0.3 is 14.8 Å². The molecule has 1 aromatic carbocycles. The molecule has 1 saturated heterocycles. The summed E-state index contributed by atoms with van der Waals surface area (Å²) in [6, 6.07) is 4.36. The first-order valence-electron chi connectivity index (χ1n) is 6.86. The molecule has 0 aromatic heterocycles. The predicted octanol–water partition coefficient (Wildman–Crippen LogP) is 4.03. The summed E-state index contributed by atoms with van der Waals surface area (Å²) in [5.74, 6) is 0.801. The molecule has 1 aliphatic rings. The van der Waals surface area contributed by atoms with Crippen LogP contribution in [-0.4, -0.2) is 25.9 Å². The van der Waals surface area contributed by atoms with Crippen molar-refractivity contribution >= 4 is 17.3 Å². The van der Waals surface area contributed by atoms with Crippen LogP contribution in [0.25, 0.3) is 0 Å². The average molecular weight is 284 g/mol. The Labute approximate surface area is 120 Å². The van der Waals surface area contributed by atoms with E-state index in [4.69, 9.17) is 21.1 Å². The Morgan fingerprint density at radius 2 is 2.26 bits per heavy atom. The zero-order chi connectivity index (χ0) is 13.8. The van der Waals surface area contributed by atoms with Crippen molar-refractivity contribution < 1.29 is 9.47 Å². The van der Waals surface area contributed by atoms with Crippen LogP contribution in [0.4, 0.5) is 5.69 Å². The summed E-state index contributed by atoms with van der Waals surface area (Å²) in [4.78, 5) is 0. The third kappa shape index (κ3) is 3.54. The van der Waals surface area contributed by atoms with Gasteiger partial charge in [-0.15, -0.1) is 0 Å². The van der Waals surface area contributed by atoms with Crippen LogP contribution in [-0.2, 0) is 4.74 Å². The fraction of sp³-hybridized carbons (Fsp3) is 0.600. The molecule has 2 rings (SSSR count). The number of anilines is 1. The number of halogens is 1. The minimum Gasteiger partial charge on any atom is -0.495 e. The molecule has 0 spiro atoms. The highest BCUT2D eigenvalue weighted by Gasteiger charge is 2.22. The summed E-state index contributed by atoms with van der Waals surface area (Å²) in [6.45, 7) is 5.00. The van der Waals surface area contributed by atoms with Gasteiger partial charge in [0.1, 0.15) is 5.75 Å². The zero-order valence-corrected chi connectivity index (χ0v) is 12.6. The summed E-state index contributed by atoms with van der Waals surface area (Å²) in [5, 5.41) is 4.31. The molecule has 106 valence electrons. The first-order valence-corrected chi connectivity index (χ1v) is 7.24. The number of methoxy groups -OCH3 is 1. The molecule has 1 aliphatic heterocycles. The van der Waals surface area contributed by atoms with Crippen LogP contribution in [0.15, 0.2) is 12.1 Å². The number of benzene rings is 1. The number of hydrogen-bond donors (Lipinski definition) is 1. The van der Waals surface area contributed by atoms with Crippen LogP contribution >= 0.6 is 11.6 Å². The molecule has 1 aromatic rings. The molecule has 2 unspecified atom stereocenters. The van der Waals surface area contributed by atoms with Crippen molar-refractivity contribution in [3.8, 4) is 5.75 Å². The number of rotatable bonds is 4. The van der Waals surface area contributed by atoms with Gasteiger partial charge in [0.05, 0.1) is 18.9 Å². The van der Waals surface area contributed by atoms with Crippen molar-refractivity contribution in [2.24, 2.45) is 0 Å². The SMILES string of the molecule is CCC1CC(Nc2cc(C)c(Cl)cc2OC)CCO1. The molecular weight excluding hydrogens is 262 g/mol. The van der Waals surface area contributed by atoms with E-state index in [0.717, 1.165) is 47.9 Å². The minimum absolute atomic E-state index is 0.366. The van der Waals surface area contributed by atoms with E-state index in [2.05, 4.69) is 18.3 Å². The third-order valence-corrected chi connectivity index (χ3v) is 4.07. The van der Waals surface area contributed by atoms with Gasteiger partial charge in [0.15, 0.2) is 0 Å². The van der Waals surface area contributed by atoms with E-state index in [1.165, 1.54) is 0 Å². The number of aryl methyl sites for hydroxylation is 1. The normalized spacial score (nSPS) is 23.2. The second kappa shape index (κ2) is 6.49. The van der Waals surface area contributed by atoms with E-state index in [1.54, 1.807) is 7.11 Å². The smallest absolute Gasteiger partial charge is 0.143 e. The molecule has 2 atom stereocenters. The largest absolute Gasteiger partial charge is 0.495 e. The third-order valence-electron chi connectivity index (χ3n) is 3.66. The van der Waals surface area contributed by atoms with Crippen LogP contribution in [0.2, 0.25) is 5.02 Å². The standard InChI is InChI=1S/C15H22ClNO2/c1-4-12-8-11(5-6-19-12)17-14-7-10(2)13(16)9-15(14)18-3/h7,9,11-12,17H,4-6,8H2,1-3H3. The highest BCUT2D eigenvalue weighted by atomic mass is 35.5. The molecule has 19 heavy (non-hydrogen) atoms. The average Bonchev–Trinajstić information content (AvgIpc) is 2.43. The Morgan fingerprint density at radius 1 is 1.47 bits per heavy atom. The summed E-state index contributed by atoms with van der Waals surface area (Å²) in [6.07, 6.45) is 3.50. The van der Waals surface area contributed by atoms with Crippen molar-refractivity contribution in [2.45, 2.75) is 45.3 Å². The predicted molar refractivity (Wildman–Crippen MR) is 79.4 cm³/mol. The van der Waals surface area contributed by atoms with Crippen molar-refractivity contribution in [3.63, 3.8) is 0 Å². The van der Waals surface area contributed by atoms with Gasteiger partial charge in [-0.3, -0.25) is 0 Å². The van der Waals surface area contributed by atoms with Gasteiger partial charge >= 0.3 is 0 Å². The van der Waals surface area contributed by atoms with E-state index in [0.29, 0.717) is 12.1 Å². The Morgan fingerprint density at radius 3 is 2.95 bits per heavy atom. The first-order chi connectivity index (χ1) is 9.13. The lowest BCUT2D eigenvalue weighted by Gasteiger charge is -2.30. The summed E-state index contributed by atoms with van der Waals surface area (Å²) >= 11 is 6.13. The van der Waals surface area contributed by atoms with Crippen molar-refractivity contribution in [2.75, 3.05) is 19.0 Å².